The highest BCUT2D eigenvalue weighted by atomic mass is 19.4. The van der Waals surface area contributed by atoms with Gasteiger partial charge in [0.15, 0.2) is 23.2 Å². The van der Waals surface area contributed by atoms with Crippen molar-refractivity contribution >= 4 is 11.0 Å². The van der Waals surface area contributed by atoms with Crippen LogP contribution in [0.2, 0.25) is 0 Å². The van der Waals surface area contributed by atoms with E-state index in [2.05, 4.69) is 39.6 Å². The summed E-state index contributed by atoms with van der Waals surface area (Å²) in [5.74, 6) is -1.48. The van der Waals surface area contributed by atoms with E-state index in [1.165, 1.54) is 6.20 Å². The number of hydrogen-bond acceptors (Lipinski definition) is 8. The molecule has 1 N–H and O–H groups in total. The molecule has 5 aromatic heterocycles. The average molecular weight is 605 g/mol. The van der Waals surface area contributed by atoms with E-state index in [4.69, 9.17) is 4.74 Å². The van der Waals surface area contributed by atoms with Gasteiger partial charge in [-0.25, -0.2) is 29.3 Å². The highest BCUT2D eigenvalue weighted by Crippen LogP contribution is 2.45. The zero-order chi connectivity index (χ0) is 30.5. The first-order valence-corrected chi connectivity index (χ1v) is 13.1. The highest BCUT2D eigenvalue weighted by molar-refractivity contribution is 5.83. The van der Waals surface area contributed by atoms with Gasteiger partial charge in [-0.1, -0.05) is 0 Å². The number of aromatic nitrogens is 8. The molecule has 0 radical (unpaired) electrons. The van der Waals surface area contributed by atoms with Crippen molar-refractivity contribution in [1.82, 2.24) is 39.5 Å². The lowest BCUT2D eigenvalue weighted by Gasteiger charge is -2.14. The number of fused-ring (bicyclic) bond motifs is 1. The number of H-pyrrole nitrogens is 1. The molecule has 224 valence electrons. The monoisotopic (exact) mass is 604 g/mol. The zero-order valence-corrected chi connectivity index (χ0v) is 22.6. The van der Waals surface area contributed by atoms with E-state index in [9.17, 15) is 22.0 Å². The maximum Gasteiger partial charge on any atom is 0.434 e. The molecule has 6 rings (SSSR count). The van der Waals surface area contributed by atoms with Gasteiger partial charge in [-0.05, 0) is 38.8 Å². The number of rotatable bonds is 9. The van der Waals surface area contributed by atoms with Crippen molar-refractivity contribution in [2.75, 3.05) is 0 Å². The molecule has 0 spiro atoms. The quantitative estimate of drug-likeness (QED) is 0.197. The first-order chi connectivity index (χ1) is 20.5. The molecule has 0 bridgehead atoms. The van der Waals surface area contributed by atoms with E-state index < -0.39 is 24.3 Å². The lowest BCUT2D eigenvalue weighted by atomic mass is 10.1. The van der Waals surface area contributed by atoms with Gasteiger partial charge < -0.3 is 19.0 Å². The van der Waals surface area contributed by atoms with Gasteiger partial charge >= 0.3 is 12.8 Å². The highest BCUT2D eigenvalue weighted by Gasteiger charge is 2.36. The average Bonchev–Trinajstić information content (AvgIpc) is 3.58. The minimum atomic E-state index is -4.70. The van der Waals surface area contributed by atoms with Crippen molar-refractivity contribution < 1.29 is 35.8 Å². The Morgan fingerprint density at radius 1 is 1.07 bits per heavy atom. The van der Waals surface area contributed by atoms with Crippen molar-refractivity contribution in [2.45, 2.75) is 58.5 Å². The normalized spacial score (nSPS) is 13.7. The van der Waals surface area contributed by atoms with E-state index in [-0.39, 0.29) is 59.3 Å². The summed E-state index contributed by atoms with van der Waals surface area (Å²) in [6.07, 6.45) is 0.107. The van der Waals surface area contributed by atoms with Crippen LogP contribution < -0.4 is 9.47 Å². The first kappa shape index (κ1) is 28.4. The number of halogens is 6. The largest absolute Gasteiger partial charge is 0.471 e. The Morgan fingerprint density at radius 2 is 1.86 bits per heavy atom. The maximum atomic E-state index is 15.1. The Morgan fingerprint density at radius 3 is 2.53 bits per heavy atom. The molecule has 1 aliphatic carbocycles. The molecule has 10 nitrogen and oxygen atoms in total. The third-order valence-electron chi connectivity index (χ3n) is 6.70. The van der Waals surface area contributed by atoms with E-state index >= 15 is 4.39 Å². The molecule has 0 saturated heterocycles. The number of pyridine rings is 1. The predicted octanol–water partition coefficient (Wildman–Crippen LogP) is 6.22. The fraction of sp³-hybridized carbons (Fsp3) is 0.333. The second-order valence-electron chi connectivity index (χ2n) is 9.85. The van der Waals surface area contributed by atoms with Crippen LogP contribution in [0.15, 0.2) is 30.9 Å². The van der Waals surface area contributed by atoms with Gasteiger partial charge in [0.2, 0.25) is 11.8 Å². The smallest absolute Gasteiger partial charge is 0.434 e. The molecule has 16 heteroatoms. The van der Waals surface area contributed by atoms with E-state index in [1.807, 2.05) is 0 Å². The number of imidazole rings is 1. The molecule has 0 amide bonds. The Labute approximate surface area is 239 Å². The summed E-state index contributed by atoms with van der Waals surface area (Å²) >= 11 is 0. The second-order valence-corrected chi connectivity index (χ2v) is 9.85. The minimum Gasteiger partial charge on any atom is -0.471 e. The second kappa shape index (κ2) is 10.8. The Hall–Kier alpha value is -4.76. The van der Waals surface area contributed by atoms with Gasteiger partial charge in [0.1, 0.15) is 29.7 Å². The lowest BCUT2D eigenvalue weighted by Crippen LogP contribution is -2.09. The molecular formula is C27H22F6N8O2. The number of nitrogens with one attached hydrogen (secondary N) is 1. The molecule has 0 atom stereocenters. The van der Waals surface area contributed by atoms with Gasteiger partial charge in [0.25, 0.3) is 0 Å². The number of alkyl halides is 5. The van der Waals surface area contributed by atoms with Crippen LogP contribution in [0.4, 0.5) is 26.3 Å². The molecule has 5 heterocycles. The number of hydrogen-bond donors (Lipinski definition) is 1. The van der Waals surface area contributed by atoms with Crippen LogP contribution in [-0.4, -0.2) is 46.1 Å². The Bertz CT molecular complexity index is 1820. The maximum absolute atomic E-state index is 15.1. The first-order valence-electron chi connectivity index (χ1n) is 13.1. The standard InChI is InChI=1S/C27H22F6N8O2/c1-3-41-9-17(27(31,32)33)39-23(41)20-15(28)7-13(8-34-20)10-42-25-21-16(6-12(2)37-21)38-22(40-25)18-19(14-4-5-14)35-11-36-24(18)43-26(29)30/h6-9,11,14,26,37H,3-5,10H2,1-2H3. The fourth-order valence-corrected chi connectivity index (χ4v) is 4.62. The molecule has 1 saturated carbocycles. The summed E-state index contributed by atoms with van der Waals surface area (Å²) in [7, 11) is 0. The summed E-state index contributed by atoms with van der Waals surface area (Å²) in [6.45, 7) is 0.105. The fourth-order valence-electron chi connectivity index (χ4n) is 4.62. The van der Waals surface area contributed by atoms with Crippen molar-refractivity contribution in [3.8, 4) is 34.7 Å². The number of aryl methyl sites for hydroxylation is 2. The van der Waals surface area contributed by atoms with Crippen LogP contribution in [0, 0.1) is 12.7 Å². The third-order valence-corrected chi connectivity index (χ3v) is 6.70. The van der Waals surface area contributed by atoms with Crippen molar-refractivity contribution in [1.29, 1.82) is 0 Å². The number of aromatic amines is 1. The molecular weight excluding hydrogens is 582 g/mol. The van der Waals surface area contributed by atoms with Gasteiger partial charge in [0.05, 0.1) is 11.2 Å². The molecule has 1 aliphatic rings. The van der Waals surface area contributed by atoms with Gasteiger partial charge in [-0.3, -0.25) is 0 Å². The summed E-state index contributed by atoms with van der Waals surface area (Å²) in [4.78, 5) is 27.8. The minimum absolute atomic E-state index is 0.00572. The van der Waals surface area contributed by atoms with Gasteiger partial charge in [0, 0.05) is 36.1 Å². The summed E-state index contributed by atoms with van der Waals surface area (Å²) < 4.78 is 92.9. The van der Waals surface area contributed by atoms with Crippen LogP contribution >= 0.6 is 0 Å². The zero-order valence-electron chi connectivity index (χ0n) is 22.6. The van der Waals surface area contributed by atoms with Crippen molar-refractivity contribution in [3.63, 3.8) is 0 Å². The number of nitrogens with zero attached hydrogens (tertiary/aromatic N) is 7. The molecule has 43 heavy (non-hydrogen) atoms. The molecule has 0 aromatic carbocycles. The summed E-state index contributed by atoms with van der Waals surface area (Å²) in [5, 5.41) is 0. The lowest BCUT2D eigenvalue weighted by molar-refractivity contribution is -0.140. The SMILES string of the molecule is CCn1cc(C(F)(F)F)nc1-c1ncc(COc2nc(-c3c(OC(F)F)ncnc3C3CC3)nc3cc(C)[nH]c23)cc1F. The van der Waals surface area contributed by atoms with Gasteiger partial charge in [-0.2, -0.15) is 26.9 Å². The van der Waals surface area contributed by atoms with Crippen LogP contribution in [-0.2, 0) is 19.3 Å². The van der Waals surface area contributed by atoms with Crippen molar-refractivity contribution in [2.24, 2.45) is 0 Å². The van der Waals surface area contributed by atoms with Gasteiger partial charge in [-0.15, -0.1) is 0 Å². The van der Waals surface area contributed by atoms with Crippen LogP contribution in [0.25, 0.3) is 33.9 Å². The molecule has 1 fully saturated rings. The van der Waals surface area contributed by atoms with E-state index in [0.717, 1.165) is 36.0 Å². The van der Waals surface area contributed by atoms with E-state index in [0.29, 0.717) is 22.4 Å². The predicted molar refractivity (Wildman–Crippen MR) is 139 cm³/mol. The number of ether oxygens (including phenoxy) is 2. The van der Waals surface area contributed by atoms with Crippen LogP contribution in [0.5, 0.6) is 11.8 Å². The van der Waals surface area contributed by atoms with E-state index in [1.54, 1.807) is 19.9 Å². The molecule has 0 unspecified atom stereocenters. The summed E-state index contributed by atoms with van der Waals surface area (Å²) in [5.41, 5.74) is 0.863. The third kappa shape index (κ3) is 5.68. The summed E-state index contributed by atoms with van der Waals surface area (Å²) in [6, 6.07) is 2.79. The van der Waals surface area contributed by atoms with Crippen LogP contribution in [0.1, 0.15) is 48.3 Å². The molecule has 5 aromatic rings. The van der Waals surface area contributed by atoms with Crippen LogP contribution in [0.3, 0.4) is 0 Å². The Kier molecular flexibility index (Phi) is 7.14. The molecule has 0 aliphatic heterocycles. The van der Waals surface area contributed by atoms with Crippen molar-refractivity contribution in [3.05, 3.63) is 59.3 Å². The Balaban J connectivity index is 1.34. The topological polar surface area (TPSA) is 117 Å².